The van der Waals surface area contributed by atoms with Crippen molar-refractivity contribution < 1.29 is 4.79 Å². The maximum atomic E-state index is 12.3. The van der Waals surface area contributed by atoms with Crippen LogP contribution in [0.15, 0.2) is 24.3 Å². The minimum atomic E-state index is 0.245. The standard InChI is InChI=1S/C16H25N3O/c1-14-6-4-5-7-15(14)12-18(3)13-16(20)19-10-8-17(2)9-11-19/h4-7H,8-13H2,1-3H3. The number of aryl methyl sites for hydroxylation is 1. The minimum absolute atomic E-state index is 0.245. The van der Waals surface area contributed by atoms with Gasteiger partial charge < -0.3 is 9.80 Å². The van der Waals surface area contributed by atoms with Crippen LogP contribution in [0.2, 0.25) is 0 Å². The smallest absolute Gasteiger partial charge is 0.236 e. The van der Waals surface area contributed by atoms with Gasteiger partial charge in [-0.15, -0.1) is 0 Å². The second-order valence-electron chi connectivity index (χ2n) is 5.78. The van der Waals surface area contributed by atoms with E-state index in [9.17, 15) is 4.79 Å². The molecule has 1 amide bonds. The summed E-state index contributed by atoms with van der Waals surface area (Å²) in [5.74, 6) is 0.245. The summed E-state index contributed by atoms with van der Waals surface area (Å²) in [6.07, 6.45) is 0. The quantitative estimate of drug-likeness (QED) is 0.826. The maximum absolute atomic E-state index is 12.3. The summed E-state index contributed by atoms with van der Waals surface area (Å²) in [4.78, 5) is 18.6. The number of likely N-dealkylation sites (N-methyl/N-ethyl adjacent to an activating group) is 2. The number of benzene rings is 1. The highest BCUT2D eigenvalue weighted by molar-refractivity contribution is 5.78. The third kappa shape index (κ3) is 4.05. The highest BCUT2D eigenvalue weighted by Crippen LogP contribution is 2.10. The average molecular weight is 275 g/mol. The molecular formula is C16H25N3O. The molecule has 0 saturated carbocycles. The Balaban J connectivity index is 1.83. The first kappa shape index (κ1) is 15.0. The van der Waals surface area contributed by atoms with E-state index >= 15 is 0 Å². The molecule has 20 heavy (non-hydrogen) atoms. The Morgan fingerprint density at radius 1 is 1.20 bits per heavy atom. The van der Waals surface area contributed by atoms with Crippen molar-refractivity contribution in [2.45, 2.75) is 13.5 Å². The monoisotopic (exact) mass is 275 g/mol. The number of amides is 1. The van der Waals surface area contributed by atoms with Crippen LogP contribution in [0.5, 0.6) is 0 Å². The summed E-state index contributed by atoms with van der Waals surface area (Å²) in [5.41, 5.74) is 2.58. The third-order valence-corrected chi connectivity index (χ3v) is 3.96. The van der Waals surface area contributed by atoms with Crippen LogP contribution in [-0.2, 0) is 11.3 Å². The van der Waals surface area contributed by atoms with Crippen molar-refractivity contribution in [3.05, 3.63) is 35.4 Å². The Morgan fingerprint density at radius 2 is 1.85 bits per heavy atom. The van der Waals surface area contributed by atoms with Crippen molar-refractivity contribution in [2.24, 2.45) is 0 Å². The molecule has 1 saturated heterocycles. The largest absolute Gasteiger partial charge is 0.339 e. The summed E-state index contributed by atoms with van der Waals surface area (Å²) < 4.78 is 0. The van der Waals surface area contributed by atoms with Crippen LogP contribution in [0.4, 0.5) is 0 Å². The predicted octanol–water partition coefficient (Wildman–Crippen LogP) is 1.20. The van der Waals surface area contributed by atoms with E-state index in [4.69, 9.17) is 0 Å². The normalized spacial score (nSPS) is 16.7. The highest BCUT2D eigenvalue weighted by atomic mass is 16.2. The van der Waals surface area contributed by atoms with Gasteiger partial charge in [-0.05, 0) is 32.1 Å². The first-order valence-corrected chi connectivity index (χ1v) is 7.25. The van der Waals surface area contributed by atoms with Gasteiger partial charge in [0.25, 0.3) is 0 Å². The topological polar surface area (TPSA) is 26.8 Å². The van der Waals surface area contributed by atoms with E-state index in [-0.39, 0.29) is 5.91 Å². The van der Waals surface area contributed by atoms with Crippen molar-refractivity contribution >= 4 is 5.91 Å². The van der Waals surface area contributed by atoms with E-state index in [1.54, 1.807) is 0 Å². The van der Waals surface area contributed by atoms with Gasteiger partial charge in [-0.3, -0.25) is 9.69 Å². The van der Waals surface area contributed by atoms with Gasteiger partial charge in [0.05, 0.1) is 6.54 Å². The predicted molar refractivity (Wildman–Crippen MR) is 81.6 cm³/mol. The van der Waals surface area contributed by atoms with E-state index < -0.39 is 0 Å². The lowest BCUT2D eigenvalue weighted by Gasteiger charge is -2.33. The average Bonchev–Trinajstić information content (AvgIpc) is 2.42. The summed E-state index contributed by atoms with van der Waals surface area (Å²) in [7, 11) is 4.12. The molecular weight excluding hydrogens is 250 g/mol. The van der Waals surface area contributed by atoms with Gasteiger partial charge in [0.2, 0.25) is 5.91 Å². The Morgan fingerprint density at radius 3 is 2.50 bits per heavy atom. The lowest BCUT2D eigenvalue weighted by molar-refractivity contribution is -0.133. The van der Waals surface area contributed by atoms with Gasteiger partial charge in [0.1, 0.15) is 0 Å². The van der Waals surface area contributed by atoms with Crippen LogP contribution in [-0.4, -0.2) is 67.4 Å². The molecule has 0 unspecified atom stereocenters. The molecule has 0 aromatic heterocycles. The molecule has 1 aromatic rings. The molecule has 1 aliphatic rings. The van der Waals surface area contributed by atoms with Crippen LogP contribution in [0, 0.1) is 6.92 Å². The van der Waals surface area contributed by atoms with Crippen LogP contribution in [0.1, 0.15) is 11.1 Å². The van der Waals surface area contributed by atoms with E-state index in [1.807, 2.05) is 18.0 Å². The fraction of sp³-hybridized carbons (Fsp3) is 0.562. The van der Waals surface area contributed by atoms with E-state index in [2.05, 4.69) is 42.0 Å². The molecule has 4 heteroatoms. The van der Waals surface area contributed by atoms with Gasteiger partial charge in [-0.1, -0.05) is 24.3 Å². The molecule has 1 aromatic carbocycles. The second-order valence-corrected chi connectivity index (χ2v) is 5.78. The fourth-order valence-electron chi connectivity index (χ4n) is 2.52. The van der Waals surface area contributed by atoms with E-state index in [0.717, 1.165) is 32.7 Å². The zero-order valence-electron chi connectivity index (χ0n) is 12.8. The molecule has 1 fully saturated rings. The van der Waals surface area contributed by atoms with Crippen molar-refractivity contribution in [2.75, 3.05) is 46.8 Å². The van der Waals surface area contributed by atoms with Crippen molar-refractivity contribution in [3.8, 4) is 0 Å². The Labute approximate surface area is 122 Å². The summed E-state index contributed by atoms with van der Waals surface area (Å²) in [6, 6.07) is 8.35. The number of carbonyl (C=O) groups is 1. The molecule has 1 heterocycles. The summed E-state index contributed by atoms with van der Waals surface area (Å²) >= 11 is 0. The molecule has 0 bridgehead atoms. The SMILES string of the molecule is Cc1ccccc1CN(C)CC(=O)N1CCN(C)CC1. The van der Waals surface area contributed by atoms with Crippen molar-refractivity contribution in [1.29, 1.82) is 0 Å². The van der Waals surface area contributed by atoms with Gasteiger partial charge in [-0.2, -0.15) is 0 Å². The van der Waals surface area contributed by atoms with Crippen LogP contribution >= 0.6 is 0 Å². The molecule has 4 nitrogen and oxygen atoms in total. The minimum Gasteiger partial charge on any atom is -0.339 e. The first-order chi connectivity index (χ1) is 9.56. The molecule has 1 aliphatic heterocycles. The molecule has 0 N–H and O–H groups in total. The van der Waals surface area contributed by atoms with E-state index in [1.165, 1.54) is 11.1 Å². The molecule has 0 radical (unpaired) electrons. The van der Waals surface area contributed by atoms with E-state index in [0.29, 0.717) is 6.54 Å². The molecule has 0 atom stereocenters. The number of hydrogen-bond acceptors (Lipinski definition) is 3. The van der Waals surface area contributed by atoms with Crippen LogP contribution in [0.25, 0.3) is 0 Å². The van der Waals surface area contributed by atoms with Gasteiger partial charge in [0, 0.05) is 32.7 Å². The van der Waals surface area contributed by atoms with Crippen molar-refractivity contribution in [1.82, 2.24) is 14.7 Å². The van der Waals surface area contributed by atoms with Crippen LogP contribution in [0.3, 0.4) is 0 Å². The number of nitrogens with zero attached hydrogens (tertiary/aromatic N) is 3. The highest BCUT2D eigenvalue weighted by Gasteiger charge is 2.20. The van der Waals surface area contributed by atoms with Gasteiger partial charge >= 0.3 is 0 Å². The third-order valence-electron chi connectivity index (χ3n) is 3.96. The zero-order valence-corrected chi connectivity index (χ0v) is 12.8. The maximum Gasteiger partial charge on any atom is 0.236 e. The number of piperazine rings is 1. The molecule has 110 valence electrons. The van der Waals surface area contributed by atoms with Crippen molar-refractivity contribution in [3.63, 3.8) is 0 Å². The number of carbonyl (C=O) groups excluding carboxylic acids is 1. The molecule has 0 spiro atoms. The Hall–Kier alpha value is -1.39. The van der Waals surface area contributed by atoms with Crippen LogP contribution < -0.4 is 0 Å². The van der Waals surface area contributed by atoms with Gasteiger partial charge in [-0.25, -0.2) is 0 Å². The summed E-state index contributed by atoms with van der Waals surface area (Å²) in [6.45, 7) is 7.11. The number of rotatable bonds is 4. The lowest BCUT2D eigenvalue weighted by atomic mass is 10.1. The lowest BCUT2D eigenvalue weighted by Crippen LogP contribution is -2.49. The van der Waals surface area contributed by atoms with Gasteiger partial charge in [0.15, 0.2) is 0 Å². The Bertz CT molecular complexity index is 453. The second kappa shape index (κ2) is 6.86. The molecule has 2 rings (SSSR count). The zero-order chi connectivity index (χ0) is 14.5. The Kier molecular flexibility index (Phi) is 5.15. The fourth-order valence-corrected chi connectivity index (χ4v) is 2.52. The first-order valence-electron chi connectivity index (χ1n) is 7.25. The summed E-state index contributed by atoms with van der Waals surface area (Å²) in [5, 5.41) is 0. The number of hydrogen-bond donors (Lipinski definition) is 0. The molecule has 0 aliphatic carbocycles.